The molecule has 0 rings (SSSR count). The molecule has 0 radical (unpaired) electrons. The van der Waals surface area contributed by atoms with Gasteiger partial charge in [-0.25, -0.2) is 0 Å². The van der Waals surface area contributed by atoms with E-state index in [0.717, 1.165) is 38.5 Å². The van der Waals surface area contributed by atoms with Crippen molar-refractivity contribution in [3.05, 3.63) is 63.3 Å². The Morgan fingerprint density at radius 2 is 0.714 bits per heavy atom. The third-order valence-electron chi connectivity index (χ3n) is 8.36. The second-order valence-corrected chi connectivity index (χ2v) is 11.5. The van der Waals surface area contributed by atoms with Crippen LogP contribution < -0.4 is 0 Å². The van der Waals surface area contributed by atoms with Crippen LogP contribution >= 0.6 is 0 Å². The van der Waals surface area contributed by atoms with Gasteiger partial charge in [0.15, 0.2) is 28.9 Å². The average molecular weight is 583 g/mol. The van der Waals surface area contributed by atoms with Crippen molar-refractivity contribution in [1.82, 2.24) is 0 Å². The van der Waals surface area contributed by atoms with Gasteiger partial charge < -0.3 is 4.74 Å². The fourth-order valence-corrected chi connectivity index (χ4v) is 5.50. The molecule has 0 heterocycles. The molecule has 0 N–H and O–H groups in total. The zero-order valence-electron chi connectivity index (χ0n) is 26.1. The van der Waals surface area contributed by atoms with Crippen molar-refractivity contribution < 1.29 is 28.7 Å². The third-order valence-corrected chi connectivity index (χ3v) is 8.36. The van der Waals surface area contributed by atoms with E-state index in [1.165, 1.54) is 30.4 Å². The van der Waals surface area contributed by atoms with Crippen molar-refractivity contribution in [1.29, 1.82) is 0 Å². The van der Waals surface area contributed by atoms with E-state index in [1.54, 1.807) is 0 Å². The molecule has 0 unspecified atom stereocenters. The van der Waals surface area contributed by atoms with E-state index < -0.39 is 0 Å². The Morgan fingerprint density at radius 3 is 0.952 bits per heavy atom. The lowest BCUT2D eigenvalue weighted by Crippen LogP contribution is -2.33. The zero-order chi connectivity index (χ0) is 31.9. The smallest absolute Gasteiger partial charge is 0.155 e. The van der Waals surface area contributed by atoms with Gasteiger partial charge in [0.25, 0.3) is 0 Å². The molecule has 0 amide bonds. The molecule has 0 bridgehead atoms. The van der Waals surface area contributed by atoms with Gasteiger partial charge in [0.05, 0.1) is 13.2 Å². The van der Waals surface area contributed by atoms with Crippen LogP contribution in [0.5, 0.6) is 0 Å². The lowest BCUT2D eigenvalue weighted by Gasteiger charge is -2.38. The molecule has 6 nitrogen and oxygen atoms in total. The van der Waals surface area contributed by atoms with E-state index in [1.807, 2.05) is 0 Å². The summed E-state index contributed by atoms with van der Waals surface area (Å²) in [6, 6.07) is 0. The molecule has 0 aromatic rings. The first-order valence-electron chi connectivity index (χ1n) is 15.4. The van der Waals surface area contributed by atoms with Crippen LogP contribution in [0.25, 0.3) is 0 Å². The van der Waals surface area contributed by atoms with Gasteiger partial charge >= 0.3 is 0 Å². The molecule has 0 aliphatic rings. The normalized spacial score (nSPS) is 11.4. The molecule has 0 saturated carbocycles. The van der Waals surface area contributed by atoms with E-state index in [2.05, 4.69) is 39.8 Å². The topological polar surface area (TPSA) is 94.6 Å². The van der Waals surface area contributed by atoms with Crippen LogP contribution in [-0.2, 0) is 28.7 Å². The maximum absolute atomic E-state index is 12.0. The van der Waals surface area contributed by atoms with E-state index in [0.29, 0.717) is 77.4 Å². The minimum absolute atomic E-state index is 0.0124. The average Bonchev–Trinajstić information content (AvgIpc) is 2.99. The van der Waals surface area contributed by atoms with E-state index >= 15 is 0 Å². The highest BCUT2D eigenvalue weighted by Crippen LogP contribution is 2.40. The van der Waals surface area contributed by atoms with Gasteiger partial charge in [-0.3, -0.25) is 24.0 Å². The number of ketones is 5. The molecule has 0 aliphatic heterocycles. The molecule has 0 fully saturated rings. The lowest BCUT2D eigenvalue weighted by molar-refractivity contribution is -0.115. The fourth-order valence-electron chi connectivity index (χ4n) is 5.50. The van der Waals surface area contributed by atoms with Gasteiger partial charge in [0, 0.05) is 32.1 Å². The Kier molecular flexibility index (Phi) is 21.0. The number of allylic oxidation sites excluding steroid dienone is 5. The molecule has 0 aromatic heterocycles. The van der Waals surface area contributed by atoms with E-state index in [4.69, 9.17) is 4.74 Å². The monoisotopic (exact) mass is 582 g/mol. The number of carbonyl (C=O) groups excluding carboxylic acids is 5. The summed E-state index contributed by atoms with van der Waals surface area (Å²) >= 11 is 0. The first-order chi connectivity index (χ1) is 20.0. The molecule has 0 saturated heterocycles. The van der Waals surface area contributed by atoms with Crippen molar-refractivity contribution in [2.24, 2.45) is 10.8 Å². The second kappa shape index (κ2) is 22.6. The van der Waals surface area contributed by atoms with Gasteiger partial charge in [0.1, 0.15) is 0 Å². The van der Waals surface area contributed by atoms with Crippen LogP contribution in [0.4, 0.5) is 0 Å². The van der Waals surface area contributed by atoms with Crippen molar-refractivity contribution in [3.8, 4) is 0 Å². The Hall–Kier alpha value is -2.99. The van der Waals surface area contributed by atoms with Crippen molar-refractivity contribution in [2.45, 2.75) is 110 Å². The molecule has 0 spiro atoms. The number of hydrogen-bond donors (Lipinski definition) is 0. The molecule has 0 aromatic carbocycles. The molecule has 234 valence electrons. The molecule has 6 heteroatoms. The number of carbonyl (C=O) groups is 5. The largest absolute Gasteiger partial charge is 0.380 e. The standard InChI is InChI=1S/C36H54O6/c1-7-30(37)18-13-23-35(12-6,24-14-19-31(38)8-2)28-42-29-36(25-15-20-32(39)9-3,26-16-21-33(40)10-4)27-17-22-34(41)11-5/h7-11H,1-5,12-29H2,6H3. The molecule has 0 atom stereocenters. The van der Waals surface area contributed by atoms with Crippen LogP contribution in [0, 0.1) is 10.8 Å². The Labute approximate surface area is 254 Å². The number of rotatable bonds is 30. The number of ether oxygens (including phenoxy) is 1. The van der Waals surface area contributed by atoms with Gasteiger partial charge in [-0.05, 0) is 112 Å². The van der Waals surface area contributed by atoms with Gasteiger partial charge in [0.2, 0.25) is 0 Å². The highest BCUT2D eigenvalue weighted by Gasteiger charge is 2.33. The summed E-state index contributed by atoms with van der Waals surface area (Å²) in [6.45, 7) is 20.9. The minimum Gasteiger partial charge on any atom is -0.380 e. The highest BCUT2D eigenvalue weighted by atomic mass is 16.5. The SMILES string of the molecule is C=CC(=O)CCCC(CC)(CCCC(=O)C=C)COCC(CCCC(=O)C=C)(CCCC(=O)C=C)CCCC(=O)C=C. The van der Waals surface area contributed by atoms with Crippen LogP contribution in [0.1, 0.15) is 110 Å². The second-order valence-electron chi connectivity index (χ2n) is 11.5. The van der Waals surface area contributed by atoms with E-state index in [9.17, 15) is 24.0 Å². The summed E-state index contributed by atoms with van der Waals surface area (Å²) < 4.78 is 6.55. The van der Waals surface area contributed by atoms with Gasteiger partial charge in [-0.15, -0.1) is 0 Å². The van der Waals surface area contributed by atoms with Crippen molar-refractivity contribution >= 4 is 28.9 Å². The van der Waals surface area contributed by atoms with E-state index in [-0.39, 0.29) is 39.7 Å². The highest BCUT2D eigenvalue weighted by molar-refractivity contribution is 5.90. The Morgan fingerprint density at radius 1 is 0.476 bits per heavy atom. The molecular formula is C36H54O6. The summed E-state index contributed by atoms with van der Waals surface area (Å²) in [4.78, 5) is 59.7. The fraction of sp³-hybridized carbons (Fsp3) is 0.583. The quantitative estimate of drug-likeness (QED) is 0.0796. The summed E-state index contributed by atoms with van der Waals surface area (Å²) in [6.07, 6.45) is 16.7. The zero-order valence-corrected chi connectivity index (χ0v) is 26.1. The Bertz CT molecular complexity index is 850. The predicted molar refractivity (Wildman–Crippen MR) is 171 cm³/mol. The van der Waals surface area contributed by atoms with Crippen molar-refractivity contribution in [2.75, 3.05) is 13.2 Å². The lowest BCUT2D eigenvalue weighted by atomic mass is 9.74. The summed E-state index contributed by atoms with van der Waals surface area (Å²) in [7, 11) is 0. The van der Waals surface area contributed by atoms with Crippen LogP contribution in [0.15, 0.2) is 63.3 Å². The van der Waals surface area contributed by atoms with Crippen molar-refractivity contribution in [3.63, 3.8) is 0 Å². The maximum Gasteiger partial charge on any atom is 0.155 e. The Balaban J connectivity index is 5.92. The van der Waals surface area contributed by atoms with Crippen LogP contribution in [0.3, 0.4) is 0 Å². The molecule has 0 aliphatic carbocycles. The summed E-state index contributed by atoms with van der Waals surface area (Å²) in [5.41, 5.74) is -0.521. The maximum atomic E-state index is 12.0. The van der Waals surface area contributed by atoms with Gasteiger partial charge in [-0.1, -0.05) is 39.8 Å². The number of hydrogen-bond acceptors (Lipinski definition) is 6. The first kappa shape index (κ1) is 39.0. The summed E-state index contributed by atoms with van der Waals surface area (Å²) in [5, 5.41) is 0. The molecule has 42 heavy (non-hydrogen) atoms. The van der Waals surface area contributed by atoms with Gasteiger partial charge in [-0.2, -0.15) is 0 Å². The minimum atomic E-state index is -0.318. The predicted octanol–water partition coefficient (Wildman–Crippen LogP) is 8.01. The summed E-state index contributed by atoms with van der Waals surface area (Å²) in [5.74, 6) is -0.0112. The van der Waals surface area contributed by atoms with Crippen LogP contribution in [0.2, 0.25) is 0 Å². The molecular weight excluding hydrogens is 528 g/mol. The first-order valence-corrected chi connectivity index (χ1v) is 15.4. The third kappa shape index (κ3) is 17.1. The van der Waals surface area contributed by atoms with Crippen LogP contribution in [-0.4, -0.2) is 42.1 Å².